The smallest absolute Gasteiger partial charge is 0.369 e. The predicted octanol–water partition coefficient (Wildman–Crippen LogP) is 2.99. The lowest BCUT2D eigenvalue weighted by atomic mass is 9.65. The Kier molecular flexibility index (Phi) is 5.65. The van der Waals surface area contributed by atoms with Gasteiger partial charge in [-0.2, -0.15) is 18.2 Å². The average Bonchev–Trinajstić information content (AvgIpc) is 3.50. The number of nitrogens with two attached hydrogens (primary N) is 1. The van der Waals surface area contributed by atoms with Gasteiger partial charge >= 0.3 is 6.18 Å². The predicted molar refractivity (Wildman–Crippen MR) is 107 cm³/mol. The zero-order valence-corrected chi connectivity index (χ0v) is 17.1. The number of carbonyl (C=O) groups excluding carboxylic acids is 2. The summed E-state index contributed by atoms with van der Waals surface area (Å²) >= 11 is 0. The summed E-state index contributed by atoms with van der Waals surface area (Å²) in [6.07, 6.45) is -0.669. The van der Waals surface area contributed by atoms with Crippen molar-refractivity contribution in [2.75, 3.05) is 13.1 Å². The van der Waals surface area contributed by atoms with Crippen LogP contribution >= 0.6 is 0 Å². The SMILES string of the molecule is NC(=Nc1cccc(C2CCC3(CC2)CN(C(=O)CC(F)(F)F)C3)n1)NC(=O)C1CC1. The van der Waals surface area contributed by atoms with Crippen molar-refractivity contribution in [3.05, 3.63) is 23.9 Å². The van der Waals surface area contributed by atoms with E-state index in [1.807, 2.05) is 12.1 Å². The number of carbonyl (C=O) groups is 2. The van der Waals surface area contributed by atoms with Gasteiger partial charge in [0.15, 0.2) is 5.82 Å². The number of halogens is 3. The molecule has 3 fully saturated rings. The van der Waals surface area contributed by atoms with E-state index in [1.54, 1.807) is 6.07 Å². The molecule has 1 saturated heterocycles. The summed E-state index contributed by atoms with van der Waals surface area (Å²) in [7, 11) is 0. The molecule has 1 aliphatic heterocycles. The monoisotopic (exact) mass is 437 g/mol. The number of nitrogens with one attached hydrogen (secondary N) is 1. The summed E-state index contributed by atoms with van der Waals surface area (Å²) in [4.78, 5) is 33.6. The Morgan fingerprint density at radius 1 is 1.19 bits per heavy atom. The van der Waals surface area contributed by atoms with Gasteiger partial charge in [-0.1, -0.05) is 6.07 Å². The number of likely N-dealkylation sites (tertiary alicyclic amines) is 1. The minimum Gasteiger partial charge on any atom is -0.369 e. The second kappa shape index (κ2) is 8.12. The van der Waals surface area contributed by atoms with E-state index >= 15 is 0 Å². The van der Waals surface area contributed by atoms with Gasteiger partial charge in [-0.3, -0.25) is 14.9 Å². The number of pyridine rings is 1. The maximum atomic E-state index is 12.4. The van der Waals surface area contributed by atoms with Crippen LogP contribution in [0.15, 0.2) is 23.2 Å². The maximum Gasteiger partial charge on any atom is 0.397 e. The van der Waals surface area contributed by atoms with Crippen LogP contribution in [0, 0.1) is 11.3 Å². The number of alkyl halides is 3. The highest BCUT2D eigenvalue weighted by Gasteiger charge is 2.48. The number of guanidine groups is 1. The molecule has 3 N–H and O–H groups in total. The molecular weight excluding hydrogens is 411 g/mol. The molecule has 4 rings (SSSR count). The van der Waals surface area contributed by atoms with Crippen molar-refractivity contribution in [2.45, 2.75) is 57.0 Å². The van der Waals surface area contributed by atoms with E-state index in [1.165, 1.54) is 4.90 Å². The standard InChI is InChI=1S/C21H26F3N5O2/c22-21(23,24)10-17(30)29-11-20(12-29)8-6-13(7-9-20)15-2-1-3-16(26-15)27-19(25)28-18(31)14-4-5-14/h1-3,13-14H,4-12H2,(H3,25,26,27,28,31). The Morgan fingerprint density at radius 2 is 1.87 bits per heavy atom. The fourth-order valence-corrected chi connectivity index (χ4v) is 4.52. The van der Waals surface area contributed by atoms with Crippen molar-refractivity contribution in [2.24, 2.45) is 22.1 Å². The van der Waals surface area contributed by atoms with Crippen LogP contribution in [0.5, 0.6) is 0 Å². The van der Waals surface area contributed by atoms with Crippen molar-refractivity contribution in [3.63, 3.8) is 0 Å². The van der Waals surface area contributed by atoms with Crippen molar-refractivity contribution in [1.82, 2.24) is 15.2 Å². The van der Waals surface area contributed by atoms with E-state index in [-0.39, 0.29) is 29.1 Å². The number of aromatic nitrogens is 1. The van der Waals surface area contributed by atoms with Gasteiger partial charge in [0, 0.05) is 36.0 Å². The largest absolute Gasteiger partial charge is 0.397 e. The molecule has 1 aromatic heterocycles. The first-order valence-electron chi connectivity index (χ1n) is 10.6. The van der Waals surface area contributed by atoms with E-state index in [0.717, 1.165) is 44.2 Å². The molecular formula is C21H26F3N5O2. The van der Waals surface area contributed by atoms with Crippen molar-refractivity contribution >= 4 is 23.6 Å². The molecule has 1 spiro atoms. The lowest BCUT2D eigenvalue weighted by Gasteiger charge is -2.53. The molecule has 0 radical (unpaired) electrons. The van der Waals surface area contributed by atoms with Crippen LogP contribution in [0.4, 0.5) is 19.0 Å². The third kappa shape index (κ3) is 5.34. The minimum atomic E-state index is -4.46. The summed E-state index contributed by atoms with van der Waals surface area (Å²) in [6.45, 7) is 0.813. The Labute approximate surface area is 178 Å². The molecule has 168 valence electrons. The number of hydrogen-bond donors (Lipinski definition) is 2. The van der Waals surface area contributed by atoms with Gasteiger partial charge in [-0.15, -0.1) is 0 Å². The molecule has 0 unspecified atom stereocenters. The molecule has 7 nitrogen and oxygen atoms in total. The lowest BCUT2D eigenvalue weighted by molar-refractivity contribution is -0.171. The van der Waals surface area contributed by atoms with Gasteiger partial charge < -0.3 is 10.6 Å². The Balaban J connectivity index is 1.30. The zero-order valence-electron chi connectivity index (χ0n) is 17.1. The van der Waals surface area contributed by atoms with Gasteiger partial charge in [-0.25, -0.2) is 4.98 Å². The fourth-order valence-electron chi connectivity index (χ4n) is 4.52. The van der Waals surface area contributed by atoms with Gasteiger partial charge in [0.25, 0.3) is 0 Å². The third-order valence-corrected chi connectivity index (χ3v) is 6.41. The van der Waals surface area contributed by atoms with E-state index < -0.39 is 18.5 Å². The zero-order chi connectivity index (χ0) is 22.2. The molecule has 10 heteroatoms. The van der Waals surface area contributed by atoms with E-state index in [0.29, 0.717) is 18.9 Å². The topological polar surface area (TPSA) is 101 Å². The van der Waals surface area contributed by atoms with E-state index in [4.69, 9.17) is 5.73 Å². The molecule has 0 bridgehead atoms. The fraction of sp³-hybridized carbons (Fsp3) is 0.619. The van der Waals surface area contributed by atoms with Gasteiger partial charge in [0.1, 0.15) is 6.42 Å². The minimum absolute atomic E-state index is 0.0298. The maximum absolute atomic E-state index is 12.4. The summed E-state index contributed by atoms with van der Waals surface area (Å²) in [5.74, 6) is -0.227. The van der Waals surface area contributed by atoms with Crippen molar-refractivity contribution in [1.29, 1.82) is 0 Å². The molecule has 2 saturated carbocycles. The van der Waals surface area contributed by atoms with Crippen LogP contribution in [0.1, 0.15) is 56.6 Å². The van der Waals surface area contributed by atoms with Crippen molar-refractivity contribution < 1.29 is 22.8 Å². The first kappa shape index (κ1) is 21.6. The van der Waals surface area contributed by atoms with Crippen LogP contribution in [-0.4, -0.2) is 46.9 Å². The van der Waals surface area contributed by atoms with Crippen LogP contribution in [0.2, 0.25) is 0 Å². The molecule has 2 aliphatic carbocycles. The molecule has 0 aromatic carbocycles. The van der Waals surface area contributed by atoms with Crippen LogP contribution in [0.3, 0.4) is 0 Å². The number of aliphatic imine (C=N–C) groups is 1. The van der Waals surface area contributed by atoms with Crippen LogP contribution < -0.4 is 11.1 Å². The first-order chi connectivity index (χ1) is 14.6. The average molecular weight is 437 g/mol. The van der Waals surface area contributed by atoms with E-state index in [2.05, 4.69) is 15.3 Å². The highest BCUT2D eigenvalue weighted by molar-refractivity contribution is 5.98. The van der Waals surface area contributed by atoms with Crippen molar-refractivity contribution in [3.8, 4) is 0 Å². The molecule has 0 atom stereocenters. The number of nitrogens with zero attached hydrogens (tertiary/aromatic N) is 3. The highest BCUT2D eigenvalue weighted by atomic mass is 19.4. The first-order valence-corrected chi connectivity index (χ1v) is 10.6. The number of rotatable bonds is 4. The second-order valence-corrected chi connectivity index (χ2v) is 9.00. The Bertz CT molecular complexity index is 881. The van der Waals surface area contributed by atoms with Crippen LogP contribution in [-0.2, 0) is 9.59 Å². The Hall–Kier alpha value is -2.65. The molecule has 2 amide bonds. The Morgan fingerprint density at radius 3 is 2.48 bits per heavy atom. The highest BCUT2D eigenvalue weighted by Crippen LogP contribution is 2.48. The van der Waals surface area contributed by atoms with Gasteiger partial charge in [-0.05, 0) is 50.7 Å². The normalized spacial score (nSPS) is 21.6. The quantitative estimate of drug-likeness (QED) is 0.559. The molecule has 31 heavy (non-hydrogen) atoms. The molecule has 3 aliphatic rings. The lowest BCUT2D eigenvalue weighted by Crippen LogP contribution is -2.59. The third-order valence-electron chi connectivity index (χ3n) is 6.41. The molecule has 1 aromatic rings. The second-order valence-electron chi connectivity index (χ2n) is 9.00. The van der Waals surface area contributed by atoms with Gasteiger partial charge in [0.05, 0.1) is 0 Å². The number of amides is 2. The number of hydrogen-bond acceptors (Lipinski definition) is 4. The van der Waals surface area contributed by atoms with E-state index in [9.17, 15) is 22.8 Å². The summed E-state index contributed by atoms with van der Waals surface area (Å²) in [5.41, 5.74) is 6.64. The summed E-state index contributed by atoms with van der Waals surface area (Å²) in [5, 5.41) is 2.59. The summed E-state index contributed by atoms with van der Waals surface area (Å²) in [6, 6.07) is 5.50. The molecule has 2 heterocycles. The summed E-state index contributed by atoms with van der Waals surface area (Å²) < 4.78 is 37.3. The van der Waals surface area contributed by atoms with Gasteiger partial charge in [0.2, 0.25) is 17.8 Å². The van der Waals surface area contributed by atoms with Crippen LogP contribution in [0.25, 0.3) is 0 Å².